The van der Waals surface area contributed by atoms with Gasteiger partial charge in [-0.2, -0.15) is 4.31 Å². The number of carbonyl (C=O) groups excluding carboxylic acids is 2. The number of nitrogens with one attached hydrogen (secondary N) is 2. The molecule has 0 aliphatic carbocycles. The van der Waals surface area contributed by atoms with Crippen LogP contribution in [-0.4, -0.2) is 51.3 Å². The van der Waals surface area contributed by atoms with E-state index in [1.54, 1.807) is 37.4 Å². The maximum atomic E-state index is 13.1. The van der Waals surface area contributed by atoms with Gasteiger partial charge in [0.25, 0.3) is 0 Å². The molecule has 3 rings (SSSR count). The molecule has 1 unspecified atom stereocenters. The Morgan fingerprint density at radius 2 is 1.82 bits per heavy atom. The Balaban J connectivity index is 1.67. The van der Waals surface area contributed by atoms with Crippen LogP contribution in [0.15, 0.2) is 59.5 Å². The first-order chi connectivity index (χ1) is 15.9. The molecule has 9 heteroatoms. The van der Waals surface area contributed by atoms with E-state index in [9.17, 15) is 18.0 Å². The van der Waals surface area contributed by atoms with E-state index in [-0.39, 0.29) is 42.1 Å². The van der Waals surface area contributed by atoms with Crippen molar-refractivity contribution in [3.63, 3.8) is 0 Å². The van der Waals surface area contributed by atoms with Gasteiger partial charge in [0.1, 0.15) is 5.75 Å². The predicted octanol–water partition coefficient (Wildman–Crippen LogP) is 2.31. The molecular formula is C24H31N3O5S. The van der Waals surface area contributed by atoms with Gasteiger partial charge < -0.3 is 15.4 Å². The average Bonchev–Trinajstić information content (AvgIpc) is 2.88. The van der Waals surface area contributed by atoms with Crippen molar-refractivity contribution in [3.8, 4) is 5.75 Å². The van der Waals surface area contributed by atoms with Gasteiger partial charge in [0.15, 0.2) is 0 Å². The summed E-state index contributed by atoms with van der Waals surface area (Å²) in [5.74, 6) is 0.0267. The molecule has 8 nitrogen and oxygen atoms in total. The summed E-state index contributed by atoms with van der Waals surface area (Å²) in [4.78, 5) is 25.3. The van der Waals surface area contributed by atoms with Gasteiger partial charge in [-0.1, -0.05) is 36.4 Å². The van der Waals surface area contributed by atoms with Gasteiger partial charge in [-0.3, -0.25) is 9.59 Å². The molecule has 0 radical (unpaired) electrons. The highest BCUT2D eigenvalue weighted by Gasteiger charge is 2.27. The number of carbonyl (C=O) groups is 2. The summed E-state index contributed by atoms with van der Waals surface area (Å²) in [6.45, 7) is 1.06. The molecule has 1 fully saturated rings. The van der Waals surface area contributed by atoms with Gasteiger partial charge in [-0.05, 0) is 37.5 Å². The van der Waals surface area contributed by atoms with Crippen LogP contribution in [0.5, 0.6) is 5.75 Å². The zero-order valence-electron chi connectivity index (χ0n) is 18.8. The van der Waals surface area contributed by atoms with E-state index in [1.807, 2.05) is 24.3 Å². The molecule has 1 atom stereocenters. The van der Waals surface area contributed by atoms with Gasteiger partial charge in [-0.15, -0.1) is 0 Å². The van der Waals surface area contributed by atoms with Gasteiger partial charge >= 0.3 is 0 Å². The van der Waals surface area contributed by atoms with Crippen molar-refractivity contribution in [1.29, 1.82) is 0 Å². The number of amides is 2. The number of hydrogen-bond donors (Lipinski definition) is 2. The number of rotatable bonds is 6. The van der Waals surface area contributed by atoms with Gasteiger partial charge in [0.2, 0.25) is 21.8 Å². The molecular weight excluding hydrogens is 442 g/mol. The van der Waals surface area contributed by atoms with Crippen molar-refractivity contribution >= 4 is 21.8 Å². The van der Waals surface area contributed by atoms with Gasteiger partial charge in [-0.25, -0.2) is 8.42 Å². The highest BCUT2D eigenvalue weighted by atomic mass is 32.2. The molecule has 1 saturated heterocycles. The maximum Gasteiger partial charge on any atom is 0.243 e. The Morgan fingerprint density at radius 3 is 2.58 bits per heavy atom. The second-order valence-electron chi connectivity index (χ2n) is 7.97. The first kappa shape index (κ1) is 24.7. The molecule has 178 valence electrons. The number of sulfonamides is 1. The fourth-order valence-electron chi connectivity index (χ4n) is 3.89. The van der Waals surface area contributed by atoms with Crippen LogP contribution in [-0.2, 0) is 26.2 Å². The van der Waals surface area contributed by atoms with Crippen LogP contribution in [0.25, 0.3) is 0 Å². The van der Waals surface area contributed by atoms with E-state index in [0.29, 0.717) is 38.1 Å². The van der Waals surface area contributed by atoms with Crippen molar-refractivity contribution in [2.45, 2.75) is 37.1 Å². The molecule has 0 aromatic heterocycles. The van der Waals surface area contributed by atoms with E-state index in [4.69, 9.17) is 4.74 Å². The first-order valence-corrected chi connectivity index (χ1v) is 12.6. The van der Waals surface area contributed by atoms with Crippen LogP contribution in [0.3, 0.4) is 0 Å². The van der Waals surface area contributed by atoms with E-state index in [2.05, 4.69) is 10.6 Å². The smallest absolute Gasteiger partial charge is 0.243 e. The fraction of sp³-hybridized carbons (Fsp3) is 0.417. The van der Waals surface area contributed by atoms with Crippen LogP contribution in [0.1, 0.15) is 31.2 Å². The molecule has 0 bridgehead atoms. The topological polar surface area (TPSA) is 105 Å². The largest absolute Gasteiger partial charge is 0.496 e. The zero-order valence-corrected chi connectivity index (χ0v) is 19.6. The minimum absolute atomic E-state index is 0.0801. The Morgan fingerprint density at radius 1 is 1.09 bits per heavy atom. The lowest BCUT2D eigenvalue weighted by Crippen LogP contribution is -2.35. The number of nitrogens with zero attached hydrogens (tertiary/aromatic N) is 1. The van der Waals surface area contributed by atoms with E-state index < -0.39 is 10.0 Å². The third kappa shape index (κ3) is 6.79. The van der Waals surface area contributed by atoms with Gasteiger partial charge in [0.05, 0.1) is 12.0 Å². The summed E-state index contributed by atoms with van der Waals surface area (Å²) in [5.41, 5.74) is 0.874. The second kappa shape index (κ2) is 11.8. The summed E-state index contributed by atoms with van der Waals surface area (Å²) in [7, 11) is -2.13. The van der Waals surface area contributed by atoms with Crippen LogP contribution in [0.4, 0.5) is 0 Å². The molecule has 0 spiro atoms. The van der Waals surface area contributed by atoms with Crippen molar-refractivity contribution in [1.82, 2.24) is 14.9 Å². The lowest BCUT2D eigenvalue weighted by molar-refractivity contribution is -0.126. The van der Waals surface area contributed by atoms with Gasteiger partial charge in [0, 0.05) is 44.1 Å². The molecule has 1 heterocycles. The van der Waals surface area contributed by atoms with Crippen molar-refractivity contribution < 1.29 is 22.7 Å². The summed E-state index contributed by atoms with van der Waals surface area (Å²) in [6.07, 6.45) is 1.62. The summed E-state index contributed by atoms with van der Waals surface area (Å²) < 4.78 is 32.8. The second-order valence-corrected chi connectivity index (χ2v) is 9.91. The molecule has 1 aliphatic heterocycles. The first-order valence-electron chi connectivity index (χ1n) is 11.1. The summed E-state index contributed by atoms with van der Waals surface area (Å²) in [5, 5.41) is 5.77. The molecule has 2 N–H and O–H groups in total. The molecule has 1 aliphatic rings. The third-order valence-electron chi connectivity index (χ3n) is 5.76. The normalized spacial score (nSPS) is 18.6. The standard InChI is InChI=1S/C24H31N3O5S/c1-32-22-12-6-5-8-20(22)18-26-24(29)19-9-7-16-27(17-14-23(28)25-15-13-19)33(30,31)21-10-3-2-4-11-21/h2-6,8,10-12,19H,7,9,13-18H2,1H3,(H,25,28)(H,26,29). The maximum absolute atomic E-state index is 13.1. The number of para-hydroxylation sites is 1. The lowest BCUT2D eigenvalue weighted by Gasteiger charge is -2.22. The third-order valence-corrected chi connectivity index (χ3v) is 7.67. The van der Waals surface area contributed by atoms with E-state index in [1.165, 1.54) is 4.31 Å². The number of ether oxygens (including phenoxy) is 1. The minimum atomic E-state index is -3.72. The van der Waals surface area contributed by atoms with E-state index in [0.717, 1.165) is 5.56 Å². The number of hydrogen-bond acceptors (Lipinski definition) is 5. The van der Waals surface area contributed by atoms with Crippen LogP contribution < -0.4 is 15.4 Å². The Labute approximate surface area is 195 Å². The van der Waals surface area contributed by atoms with Crippen LogP contribution in [0.2, 0.25) is 0 Å². The Hall–Kier alpha value is -2.91. The fourth-order valence-corrected chi connectivity index (χ4v) is 5.39. The van der Waals surface area contributed by atoms with Crippen LogP contribution in [0, 0.1) is 5.92 Å². The number of benzene rings is 2. The van der Waals surface area contributed by atoms with Crippen molar-refractivity contribution in [3.05, 3.63) is 60.2 Å². The van der Waals surface area contributed by atoms with Crippen LogP contribution >= 0.6 is 0 Å². The van der Waals surface area contributed by atoms with E-state index >= 15 is 0 Å². The molecule has 2 aromatic carbocycles. The highest BCUT2D eigenvalue weighted by molar-refractivity contribution is 7.89. The average molecular weight is 474 g/mol. The highest BCUT2D eigenvalue weighted by Crippen LogP contribution is 2.20. The summed E-state index contributed by atoms with van der Waals surface area (Å²) in [6, 6.07) is 15.7. The molecule has 0 saturated carbocycles. The van der Waals surface area contributed by atoms with Crippen molar-refractivity contribution in [2.24, 2.45) is 5.92 Å². The molecule has 2 aromatic rings. The van der Waals surface area contributed by atoms with Crippen molar-refractivity contribution in [2.75, 3.05) is 26.7 Å². The monoisotopic (exact) mass is 473 g/mol. The predicted molar refractivity (Wildman–Crippen MR) is 125 cm³/mol. The Bertz CT molecular complexity index is 1040. The SMILES string of the molecule is COc1ccccc1CNC(=O)C1CCCN(S(=O)(=O)c2ccccc2)CCC(=O)NCC1. The lowest BCUT2D eigenvalue weighted by atomic mass is 9.98. The molecule has 2 amide bonds. The quantitative estimate of drug-likeness (QED) is 0.670. The minimum Gasteiger partial charge on any atom is -0.496 e. The molecule has 33 heavy (non-hydrogen) atoms. The zero-order chi connectivity index (χ0) is 23.7. The summed E-state index contributed by atoms with van der Waals surface area (Å²) >= 11 is 0. The number of methoxy groups -OCH3 is 1. The Kier molecular flexibility index (Phi) is 8.85.